The number of hydrogen-bond donors (Lipinski definition) is 2. The highest BCUT2D eigenvalue weighted by molar-refractivity contribution is 7.80. The van der Waals surface area contributed by atoms with E-state index in [2.05, 4.69) is 10.6 Å². The second kappa shape index (κ2) is 7.09. The van der Waals surface area contributed by atoms with E-state index in [9.17, 15) is 4.79 Å². The lowest BCUT2D eigenvalue weighted by atomic mass is 10.1. The maximum atomic E-state index is 12.1. The summed E-state index contributed by atoms with van der Waals surface area (Å²) in [6.45, 7) is 3.95. The van der Waals surface area contributed by atoms with Crippen molar-refractivity contribution in [2.24, 2.45) is 0 Å². The van der Waals surface area contributed by atoms with Gasteiger partial charge in [-0.1, -0.05) is 35.3 Å². The number of carbonyl (C=O) groups is 1. The van der Waals surface area contributed by atoms with Gasteiger partial charge in [0.15, 0.2) is 5.11 Å². The summed E-state index contributed by atoms with van der Waals surface area (Å²) in [6, 6.07) is 10.6. The van der Waals surface area contributed by atoms with Gasteiger partial charge in [0.05, 0.1) is 10.0 Å². The second-order valence-corrected chi connectivity index (χ2v) is 6.08. The number of hydrogen-bond acceptors (Lipinski definition) is 2. The summed E-state index contributed by atoms with van der Waals surface area (Å²) in [4.78, 5) is 12.1. The maximum absolute atomic E-state index is 12.1. The van der Waals surface area contributed by atoms with Crippen LogP contribution < -0.4 is 10.6 Å². The van der Waals surface area contributed by atoms with E-state index in [-0.39, 0.29) is 11.0 Å². The van der Waals surface area contributed by atoms with Crippen LogP contribution in [0.3, 0.4) is 0 Å². The van der Waals surface area contributed by atoms with Crippen molar-refractivity contribution < 1.29 is 4.79 Å². The molecule has 1 amide bonds. The molecule has 0 heterocycles. The first-order valence-electron chi connectivity index (χ1n) is 6.51. The number of rotatable bonds is 2. The minimum Gasteiger partial charge on any atom is -0.332 e. The number of aryl methyl sites for hydroxylation is 2. The van der Waals surface area contributed by atoms with Crippen molar-refractivity contribution in [3.05, 3.63) is 63.1 Å². The van der Waals surface area contributed by atoms with E-state index in [1.807, 2.05) is 32.0 Å². The van der Waals surface area contributed by atoms with Crippen molar-refractivity contribution in [2.45, 2.75) is 13.8 Å². The Kier molecular flexibility index (Phi) is 5.40. The van der Waals surface area contributed by atoms with E-state index in [1.54, 1.807) is 12.1 Å². The molecule has 3 nitrogen and oxygen atoms in total. The van der Waals surface area contributed by atoms with E-state index in [1.165, 1.54) is 6.07 Å². The number of thiocarbonyl (C=S) groups is 1. The van der Waals surface area contributed by atoms with Gasteiger partial charge in [-0.2, -0.15) is 0 Å². The molecule has 0 bridgehead atoms. The summed E-state index contributed by atoms with van der Waals surface area (Å²) in [7, 11) is 0. The number of benzene rings is 2. The fourth-order valence-electron chi connectivity index (χ4n) is 1.84. The number of amides is 1. The largest absolute Gasteiger partial charge is 0.332 e. The minimum absolute atomic E-state index is 0.227. The molecule has 6 heteroatoms. The molecular formula is C16H14Cl2N2OS. The standard InChI is InChI=1S/C16H14Cl2N2OS/c1-9-3-4-10(2)14(7-9)19-16(22)20-15(21)11-5-6-12(17)13(18)8-11/h3-8H,1-2H3,(H2,19,20,21,22). The van der Waals surface area contributed by atoms with E-state index in [0.29, 0.717) is 15.6 Å². The highest BCUT2D eigenvalue weighted by Crippen LogP contribution is 2.22. The zero-order chi connectivity index (χ0) is 16.3. The molecule has 0 aliphatic heterocycles. The Morgan fingerprint density at radius 1 is 1.05 bits per heavy atom. The van der Waals surface area contributed by atoms with E-state index < -0.39 is 0 Å². The van der Waals surface area contributed by atoms with Crippen molar-refractivity contribution in [1.82, 2.24) is 5.32 Å². The predicted molar refractivity (Wildman–Crippen MR) is 96.1 cm³/mol. The van der Waals surface area contributed by atoms with Gasteiger partial charge >= 0.3 is 0 Å². The maximum Gasteiger partial charge on any atom is 0.257 e. The van der Waals surface area contributed by atoms with Gasteiger partial charge in [0.2, 0.25) is 0 Å². The Bertz CT molecular complexity index is 747. The van der Waals surface area contributed by atoms with Crippen LogP contribution in [0.25, 0.3) is 0 Å². The van der Waals surface area contributed by atoms with Crippen LogP contribution in [-0.4, -0.2) is 11.0 Å². The van der Waals surface area contributed by atoms with Gasteiger partial charge in [-0.15, -0.1) is 0 Å². The van der Waals surface area contributed by atoms with Crippen molar-refractivity contribution >= 4 is 52.1 Å². The fraction of sp³-hybridized carbons (Fsp3) is 0.125. The second-order valence-electron chi connectivity index (χ2n) is 4.86. The molecule has 2 N–H and O–H groups in total. The zero-order valence-corrected chi connectivity index (χ0v) is 14.4. The summed E-state index contributed by atoms with van der Waals surface area (Å²) >= 11 is 16.9. The summed E-state index contributed by atoms with van der Waals surface area (Å²) in [5.41, 5.74) is 3.39. The smallest absolute Gasteiger partial charge is 0.257 e. The summed E-state index contributed by atoms with van der Waals surface area (Å²) < 4.78 is 0. The van der Waals surface area contributed by atoms with Crippen molar-refractivity contribution in [1.29, 1.82) is 0 Å². The van der Waals surface area contributed by atoms with Gasteiger partial charge in [-0.3, -0.25) is 10.1 Å². The molecule has 0 saturated heterocycles. The van der Waals surface area contributed by atoms with E-state index in [4.69, 9.17) is 35.4 Å². The van der Waals surface area contributed by atoms with E-state index in [0.717, 1.165) is 16.8 Å². The van der Waals surface area contributed by atoms with Gasteiger partial charge < -0.3 is 5.32 Å². The lowest BCUT2D eigenvalue weighted by Crippen LogP contribution is -2.34. The topological polar surface area (TPSA) is 41.1 Å². The van der Waals surface area contributed by atoms with Crippen LogP contribution in [0, 0.1) is 13.8 Å². The monoisotopic (exact) mass is 352 g/mol. The van der Waals surface area contributed by atoms with Crippen LogP contribution in [0.1, 0.15) is 21.5 Å². The fourth-order valence-corrected chi connectivity index (χ4v) is 2.34. The molecular weight excluding hydrogens is 339 g/mol. The molecule has 0 aliphatic rings. The molecule has 2 aromatic carbocycles. The highest BCUT2D eigenvalue weighted by Gasteiger charge is 2.10. The zero-order valence-electron chi connectivity index (χ0n) is 12.0. The van der Waals surface area contributed by atoms with Crippen LogP contribution in [0.5, 0.6) is 0 Å². The van der Waals surface area contributed by atoms with Crippen LogP contribution in [-0.2, 0) is 0 Å². The predicted octanol–water partition coefficient (Wildman–Crippen LogP) is 4.74. The number of carbonyl (C=O) groups excluding carboxylic acids is 1. The van der Waals surface area contributed by atoms with Crippen LogP contribution in [0.4, 0.5) is 5.69 Å². The third-order valence-corrected chi connectivity index (χ3v) is 3.99. The SMILES string of the molecule is Cc1ccc(C)c(NC(=S)NC(=O)c2ccc(Cl)c(Cl)c2)c1. The summed E-state index contributed by atoms with van der Waals surface area (Å²) in [5.74, 6) is -0.346. The lowest BCUT2D eigenvalue weighted by molar-refractivity contribution is 0.0978. The van der Waals surface area contributed by atoms with Crippen LogP contribution in [0.2, 0.25) is 10.0 Å². The average molecular weight is 353 g/mol. The molecule has 2 aromatic rings. The lowest BCUT2D eigenvalue weighted by Gasteiger charge is -2.12. The molecule has 22 heavy (non-hydrogen) atoms. The van der Waals surface area contributed by atoms with Crippen molar-refractivity contribution in [2.75, 3.05) is 5.32 Å². The first-order chi connectivity index (χ1) is 10.4. The summed E-state index contributed by atoms with van der Waals surface area (Å²) in [5, 5.41) is 6.58. The first-order valence-corrected chi connectivity index (χ1v) is 7.68. The van der Waals surface area contributed by atoms with Crippen molar-refractivity contribution in [3.63, 3.8) is 0 Å². The molecule has 0 atom stereocenters. The molecule has 0 fully saturated rings. The van der Waals surface area contributed by atoms with Crippen molar-refractivity contribution in [3.8, 4) is 0 Å². The number of halogens is 2. The quantitative estimate of drug-likeness (QED) is 0.767. The summed E-state index contributed by atoms with van der Waals surface area (Å²) in [6.07, 6.45) is 0. The highest BCUT2D eigenvalue weighted by atomic mass is 35.5. The first kappa shape index (κ1) is 16.7. The number of nitrogens with one attached hydrogen (secondary N) is 2. The average Bonchev–Trinajstić information content (AvgIpc) is 2.45. The van der Waals surface area contributed by atoms with Gasteiger partial charge in [0.25, 0.3) is 5.91 Å². The van der Waals surface area contributed by atoms with E-state index >= 15 is 0 Å². The van der Waals surface area contributed by atoms with Crippen LogP contribution in [0.15, 0.2) is 36.4 Å². The van der Waals surface area contributed by atoms with Gasteiger partial charge in [0, 0.05) is 11.3 Å². The Hall–Kier alpha value is -1.62. The molecule has 0 unspecified atom stereocenters. The molecule has 0 aromatic heterocycles. The van der Waals surface area contributed by atoms with Gasteiger partial charge in [0.1, 0.15) is 0 Å². The normalized spacial score (nSPS) is 10.2. The molecule has 2 rings (SSSR count). The third kappa shape index (κ3) is 4.19. The molecule has 114 valence electrons. The Morgan fingerprint density at radius 2 is 1.77 bits per heavy atom. The molecule has 0 radical (unpaired) electrons. The van der Waals surface area contributed by atoms with Gasteiger partial charge in [-0.05, 0) is 61.5 Å². The Balaban J connectivity index is 2.06. The Morgan fingerprint density at radius 3 is 2.45 bits per heavy atom. The van der Waals surface area contributed by atoms with Crippen LogP contribution >= 0.6 is 35.4 Å². The van der Waals surface area contributed by atoms with Gasteiger partial charge in [-0.25, -0.2) is 0 Å². The Labute approximate surface area is 144 Å². The minimum atomic E-state index is -0.346. The number of anilines is 1. The third-order valence-electron chi connectivity index (χ3n) is 3.05. The molecule has 0 saturated carbocycles. The molecule has 0 aliphatic carbocycles. The molecule has 0 spiro atoms.